The first-order valence-corrected chi connectivity index (χ1v) is 6.39. The van der Waals surface area contributed by atoms with Crippen molar-refractivity contribution < 1.29 is 9.13 Å². The average molecular weight is 351 g/mol. The SMILES string of the molecule is Nc1cc(F)cc(Oc2cc(Cl)c(Br)cc2Cl)c1. The van der Waals surface area contributed by atoms with Crippen LogP contribution in [0.3, 0.4) is 0 Å². The molecule has 0 atom stereocenters. The molecular weight excluding hydrogens is 344 g/mol. The van der Waals surface area contributed by atoms with E-state index in [0.29, 0.717) is 20.3 Å². The molecular formula is C12H7BrCl2FNO. The molecule has 0 heterocycles. The fourth-order valence-electron chi connectivity index (χ4n) is 1.35. The third kappa shape index (κ3) is 3.07. The van der Waals surface area contributed by atoms with Gasteiger partial charge in [-0.25, -0.2) is 4.39 Å². The normalized spacial score (nSPS) is 10.4. The Balaban J connectivity index is 2.36. The molecule has 2 aromatic carbocycles. The molecule has 94 valence electrons. The van der Waals surface area contributed by atoms with Gasteiger partial charge in [-0.3, -0.25) is 0 Å². The first-order valence-electron chi connectivity index (χ1n) is 4.84. The van der Waals surface area contributed by atoms with Crippen LogP contribution in [0.1, 0.15) is 0 Å². The van der Waals surface area contributed by atoms with E-state index in [0.717, 1.165) is 0 Å². The fraction of sp³-hybridized carbons (Fsp3) is 0. The number of anilines is 1. The van der Waals surface area contributed by atoms with E-state index in [4.69, 9.17) is 33.7 Å². The molecule has 0 aliphatic heterocycles. The van der Waals surface area contributed by atoms with Crippen molar-refractivity contribution in [3.63, 3.8) is 0 Å². The Hall–Kier alpha value is -0.970. The number of ether oxygens (including phenoxy) is 1. The molecule has 0 saturated heterocycles. The van der Waals surface area contributed by atoms with Crippen LogP contribution >= 0.6 is 39.1 Å². The summed E-state index contributed by atoms with van der Waals surface area (Å²) in [6.07, 6.45) is 0. The van der Waals surface area contributed by atoms with E-state index in [1.54, 1.807) is 6.07 Å². The number of nitrogen functional groups attached to an aromatic ring is 1. The molecule has 0 radical (unpaired) electrons. The molecule has 2 nitrogen and oxygen atoms in total. The molecule has 0 bridgehead atoms. The van der Waals surface area contributed by atoms with E-state index in [1.807, 2.05) is 0 Å². The molecule has 0 saturated carbocycles. The van der Waals surface area contributed by atoms with Crippen LogP contribution in [0.5, 0.6) is 11.5 Å². The Morgan fingerprint density at radius 1 is 1.06 bits per heavy atom. The third-order valence-electron chi connectivity index (χ3n) is 2.10. The van der Waals surface area contributed by atoms with E-state index in [9.17, 15) is 4.39 Å². The van der Waals surface area contributed by atoms with Gasteiger partial charge in [0, 0.05) is 28.4 Å². The van der Waals surface area contributed by atoms with Crippen molar-refractivity contribution in [3.8, 4) is 11.5 Å². The van der Waals surface area contributed by atoms with Crippen LogP contribution in [-0.2, 0) is 0 Å². The molecule has 6 heteroatoms. The largest absolute Gasteiger partial charge is 0.456 e. The zero-order chi connectivity index (χ0) is 13.3. The maximum Gasteiger partial charge on any atom is 0.147 e. The van der Waals surface area contributed by atoms with Crippen LogP contribution in [0, 0.1) is 5.82 Å². The average Bonchev–Trinajstić information content (AvgIpc) is 2.24. The molecule has 2 rings (SSSR count). The van der Waals surface area contributed by atoms with E-state index in [2.05, 4.69) is 15.9 Å². The zero-order valence-corrected chi connectivity index (χ0v) is 12.0. The number of benzene rings is 2. The Bertz CT molecular complexity index is 587. The van der Waals surface area contributed by atoms with Gasteiger partial charge in [0.2, 0.25) is 0 Å². The van der Waals surface area contributed by atoms with Crippen molar-refractivity contribution in [1.29, 1.82) is 0 Å². The van der Waals surface area contributed by atoms with E-state index in [1.165, 1.54) is 24.3 Å². The topological polar surface area (TPSA) is 35.2 Å². The third-order valence-corrected chi connectivity index (χ3v) is 3.59. The lowest BCUT2D eigenvalue weighted by Gasteiger charge is -2.09. The first kappa shape index (κ1) is 13.5. The quantitative estimate of drug-likeness (QED) is 0.591. The van der Waals surface area contributed by atoms with Crippen LogP contribution in [0.25, 0.3) is 0 Å². The molecule has 0 aliphatic carbocycles. The summed E-state index contributed by atoms with van der Waals surface area (Å²) in [6.45, 7) is 0. The Morgan fingerprint density at radius 2 is 1.78 bits per heavy atom. The maximum absolute atomic E-state index is 13.1. The van der Waals surface area contributed by atoms with E-state index < -0.39 is 5.82 Å². The minimum atomic E-state index is -0.482. The summed E-state index contributed by atoms with van der Waals surface area (Å²) in [5.74, 6) is 0.104. The Labute approximate surface area is 122 Å². The van der Waals surface area contributed by atoms with Gasteiger partial charge in [0.05, 0.1) is 10.0 Å². The molecule has 0 fully saturated rings. The minimum absolute atomic E-state index is 0.257. The summed E-state index contributed by atoms with van der Waals surface area (Å²) in [7, 11) is 0. The van der Waals surface area contributed by atoms with Gasteiger partial charge in [0.1, 0.15) is 17.3 Å². The molecule has 2 N–H and O–H groups in total. The van der Waals surface area contributed by atoms with Gasteiger partial charge >= 0.3 is 0 Å². The van der Waals surface area contributed by atoms with Crippen molar-refractivity contribution in [1.82, 2.24) is 0 Å². The standard InChI is InChI=1S/C12H7BrCl2FNO/c13-9-4-11(15)12(5-10(9)14)18-8-2-6(16)1-7(17)3-8/h1-5H,17H2. The predicted octanol–water partition coefficient (Wildman–Crippen LogP) is 5.27. The highest BCUT2D eigenvalue weighted by Gasteiger charge is 2.09. The molecule has 0 aliphatic rings. The second-order valence-corrected chi connectivity index (χ2v) is 5.19. The summed E-state index contributed by atoms with van der Waals surface area (Å²) in [4.78, 5) is 0. The summed E-state index contributed by atoms with van der Waals surface area (Å²) in [6, 6.07) is 7.04. The van der Waals surface area contributed by atoms with Gasteiger partial charge in [0.15, 0.2) is 0 Å². The van der Waals surface area contributed by atoms with Crippen LogP contribution in [0.2, 0.25) is 10.0 Å². The molecule has 2 aromatic rings. The highest BCUT2D eigenvalue weighted by Crippen LogP contribution is 2.36. The van der Waals surface area contributed by atoms with Gasteiger partial charge in [-0.15, -0.1) is 0 Å². The van der Waals surface area contributed by atoms with Gasteiger partial charge in [-0.1, -0.05) is 23.2 Å². The van der Waals surface area contributed by atoms with Crippen LogP contribution < -0.4 is 10.5 Å². The second kappa shape index (κ2) is 5.34. The number of hydrogen-bond donors (Lipinski definition) is 1. The van der Waals surface area contributed by atoms with Crippen molar-refractivity contribution in [2.45, 2.75) is 0 Å². The van der Waals surface area contributed by atoms with Crippen LogP contribution in [0.15, 0.2) is 34.8 Å². The van der Waals surface area contributed by atoms with Crippen molar-refractivity contribution >= 4 is 44.8 Å². The Morgan fingerprint density at radius 3 is 2.44 bits per heavy atom. The van der Waals surface area contributed by atoms with Crippen LogP contribution in [-0.4, -0.2) is 0 Å². The number of halogens is 4. The Kier molecular flexibility index (Phi) is 4.00. The molecule has 0 amide bonds. The van der Waals surface area contributed by atoms with Crippen molar-refractivity contribution in [2.75, 3.05) is 5.73 Å². The summed E-state index contributed by atoms with van der Waals surface area (Å²) in [5.41, 5.74) is 5.79. The summed E-state index contributed by atoms with van der Waals surface area (Å²) in [5, 5.41) is 0.799. The predicted molar refractivity (Wildman–Crippen MR) is 75.0 cm³/mol. The minimum Gasteiger partial charge on any atom is -0.456 e. The lowest BCUT2D eigenvalue weighted by molar-refractivity contribution is 0.477. The first-order chi connectivity index (χ1) is 8.45. The maximum atomic E-state index is 13.1. The molecule has 0 spiro atoms. The van der Waals surface area contributed by atoms with Gasteiger partial charge in [-0.05, 0) is 28.1 Å². The van der Waals surface area contributed by atoms with Gasteiger partial charge in [-0.2, -0.15) is 0 Å². The highest BCUT2D eigenvalue weighted by atomic mass is 79.9. The lowest BCUT2D eigenvalue weighted by atomic mass is 10.3. The van der Waals surface area contributed by atoms with Gasteiger partial charge in [0.25, 0.3) is 0 Å². The van der Waals surface area contributed by atoms with Crippen molar-refractivity contribution in [2.24, 2.45) is 0 Å². The zero-order valence-electron chi connectivity index (χ0n) is 8.88. The molecule has 18 heavy (non-hydrogen) atoms. The van der Waals surface area contributed by atoms with Crippen LogP contribution in [0.4, 0.5) is 10.1 Å². The highest BCUT2D eigenvalue weighted by molar-refractivity contribution is 9.10. The number of hydrogen-bond acceptors (Lipinski definition) is 2. The summed E-state index contributed by atoms with van der Waals surface area (Å²) >= 11 is 15.2. The van der Waals surface area contributed by atoms with E-state index in [-0.39, 0.29) is 11.4 Å². The molecule has 0 aromatic heterocycles. The van der Waals surface area contributed by atoms with Gasteiger partial charge < -0.3 is 10.5 Å². The van der Waals surface area contributed by atoms with Crippen molar-refractivity contribution in [3.05, 3.63) is 50.7 Å². The molecule has 0 unspecified atom stereocenters. The number of nitrogens with two attached hydrogens (primary N) is 1. The van der Waals surface area contributed by atoms with E-state index >= 15 is 0 Å². The second-order valence-electron chi connectivity index (χ2n) is 3.52. The lowest BCUT2D eigenvalue weighted by Crippen LogP contribution is -1.91. The summed E-state index contributed by atoms with van der Waals surface area (Å²) < 4.78 is 19.3. The smallest absolute Gasteiger partial charge is 0.147 e. The number of rotatable bonds is 2. The fourth-order valence-corrected chi connectivity index (χ4v) is 2.18. The monoisotopic (exact) mass is 349 g/mol.